The normalized spacial score (nSPS) is 12.4. The molecule has 9 heteroatoms. The maximum atomic E-state index is 12.5. The SMILES string of the molecule is CN(C[C@H](O)COc1ccc(C(F)(F)F)cc1)C(=O)Nc1cccc(Cl)c1. The molecule has 5 nitrogen and oxygen atoms in total. The fourth-order valence-electron chi connectivity index (χ4n) is 2.17. The number of anilines is 1. The van der Waals surface area contributed by atoms with Crippen molar-refractivity contribution in [2.24, 2.45) is 0 Å². The Balaban J connectivity index is 1.80. The number of nitrogens with one attached hydrogen (secondary N) is 1. The third-order valence-corrected chi connectivity index (χ3v) is 3.77. The number of amides is 2. The van der Waals surface area contributed by atoms with E-state index in [4.69, 9.17) is 16.3 Å². The standard InChI is InChI=1S/C18H18ClF3N2O3/c1-24(17(26)23-14-4-2-3-13(19)9-14)10-15(25)11-27-16-7-5-12(6-8-16)18(20,21)22/h2-9,15,25H,10-11H2,1H3,(H,23,26)/t15-/m0/s1. The van der Waals surface area contributed by atoms with Crippen molar-refractivity contribution >= 4 is 23.3 Å². The number of benzene rings is 2. The molecular formula is C18H18ClF3N2O3. The topological polar surface area (TPSA) is 61.8 Å². The molecular weight excluding hydrogens is 385 g/mol. The molecule has 2 aromatic carbocycles. The number of aliphatic hydroxyl groups is 1. The first kappa shape index (κ1) is 20.9. The Labute approximate surface area is 159 Å². The van der Waals surface area contributed by atoms with Gasteiger partial charge in [-0.3, -0.25) is 0 Å². The van der Waals surface area contributed by atoms with E-state index in [1.807, 2.05) is 0 Å². The van der Waals surface area contributed by atoms with E-state index in [2.05, 4.69) is 5.32 Å². The van der Waals surface area contributed by atoms with Crippen LogP contribution in [0, 0.1) is 0 Å². The highest BCUT2D eigenvalue weighted by Crippen LogP contribution is 2.30. The maximum Gasteiger partial charge on any atom is 0.416 e. The van der Waals surface area contributed by atoms with Crippen molar-refractivity contribution in [3.8, 4) is 5.75 Å². The lowest BCUT2D eigenvalue weighted by Gasteiger charge is -2.21. The highest BCUT2D eigenvalue weighted by molar-refractivity contribution is 6.30. The van der Waals surface area contributed by atoms with Gasteiger partial charge < -0.3 is 20.1 Å². The minimum atomic E-state index is -4.42. The Morgan fingerprint density at radius 3 is 2.52 bits per heavy atom. The minimum absolute atomic E-state index is 0.0347. The molecule has 0 fully saturated rings. The summed E-state index contributed by atoms with van der Waals surface area (Å²) in [6.45, 7) is -0.215. The van der Waals surface area contributed by atoms with E-state index in [9.17, 15) is 23.1 Å². The highest BCUT2D eigenvalue weighted by Gasteiger charge is 2.30. The molecule has 0 unspecified atom stereocenters. The van der Waals surface area contributed by atoms with Crippen molar-refractivity contribution in [2.45, 2.75) is 12.3 Å². The number of hydrogen-bond acceptors (Lipinski definition) is 3. The third-order valence-electron chi connectivity index (χ3n) is 3.53. The Morgan fingerprint density at radius 2 is 1.93 bits per heavy atom. The average Bonchev–Trinajstić information content (AvgIpc) is 2.59. The van der Waals surface area contributed by atoms with Gasteiger partial charge in [-0.2, -0.15) is 13.2 Å². The van der Waals surface area contributed by atoms with E-state index >= 15 is 0 Å². The second kappa shape index (κ2) is 8.96. The van der Waals surface area contributed by atoms with Crippen LogP contribution in [0.25, 0.3) is 0 Å². The van der Waals surface area contributed by atoms with Gasteiger partial charge in [0.15, 0.2) is 0 Å². The number of rotatable bonds is 6. The van der Waals surface area contributed by atoms with Gasteiger partial charge in [0, 0.05) is 17.8 Å². The molecule has 0 heterocycles. The fourth-order valence-corrected chi connectivity index (χ4v) is 2.36. The van der Waals surface area contributed by atoms with Gasteiger partial charge in [-0.25, -0.2) is 4.79 Å². The zero-order valence-electron chi connectivity index (χ0n) is 14.3. The number of halogens is 4. The highest BCUT2D eigenvalue weighted by atomic mass is 35.5. The second-order valence-corrected chi connectivity index (χ2v) is 6.24. The van der Waals surface area contributed by atoms with Crippen molar-refractivity contribution in [3.05, 3.63) is 59.1 Å². The number of ether oxygens (including phenoxy) is 1. The molecule has 2 aromatic rings. The molecule has 0 aromatic heterocycles. The van der Waals surface area contributed by atoms with Crippen LogP contribution in [0.15, 0.2) is 48.5 Å². The molecule has 0 bridgehead atoms. The molecule has 2 N–H and O–H groups in total. The lowest BCUT2D eigenvalue weighted by Crippen LogP contribution is -2.39. The zero-order chi connectivity index (χ0) is 20.0. The lowest BCUT2D eigenvalue weighted by molar-refractivity contribution is -0.137. The van der Waals surface area contributed by atoms with E-state index < -0.39 is 23.9 Å². The summed E-state index contributed by atoms with van der Waals surface area (Å²) < 4.78 is 42.8. The summed E-state index contributed by atoms with van der Waals surface area (Å²) in [6.07, 6.45) is -5.45. The van der Waals surface area contributed by atoms with Crippen LogP contribution in [-0.2, 0) is 6.18 Å². The summed E-state index contributed by atoms with van der Waals surface area (Å²) in [4.78, 5) is 13.3. The van der Waals surface area contributed by atoms with Gasteiger partial charge in [-0.1, -0.05) is 17.7 Å². The van der Waals surface area contributed by atoms with Crippen LogP contribution in [0.2, 0.25) is 5.02 Å². The molecule has 0 saturated heterocycles. The van der Waals surface area contributed by atoms with E-state index in [-0.39, 0.29) is 18.9 Å². The van der Waals surface area contributed by atoms with Gasteiger partial charge in [0.05, 0.1) is 12.1 Å². The first-order valence-corrected chi connectivity index (χ1v) is 8.29. The zero-order valence-corrected chi connectivity index (χ0v) is 15.1. The number of carbonyl (C=O) groups is 1. The van der Waals surface area contributed by atoms with E-state index in [1.54, 1.807) is 24.3 Å². The van der Waals surface area contributed by atoms with Gasteiger partial charge in [-0.05, 0) is 42.5 Å². The molecule has 0 aliphatic heterocycles. The average molecular weight is 403 g/mol. The van der Waals surface area contributed by atoms with Crippen LogP contribution in [0.1, 0.15) is 5.56 Å². The Hall–Kier alpha value is -2.45. The van der Waals surface area contributed by atoms with Crippen LogP contribution < -0.4 is 10.1 Å². The predicted octanol–water partition coefficient (Wildman–Crippen LogP) is 4.26. The number of carbonyl (C=O) groups excluding carboxylic acids is 1. The first-order chi connectivity index (χ1) is 12.6. The van der Waals surface area contributed by atoms with Crippen LogP contribution >= 0.6 is 11.6 Å². The lowest BCUT2D eigenvalue weighted by atomic mass is 10.2. The predicted molar refractivity (Wildman–Crippen MR) is 96.0 cm³/mol. The summed E-state index contributed by atoms with van der Waals surface area (Å²) in [5.74, 6) is 0.188. The van der Waals surface area contributed by atoms with E-state index in [0.29, 0.717) is 10.7 Å². The molecule has 0 saturated carbocycles. The molecule has 0 radical (unpaired) electrons. The summed E-state index contributed by atoms with van der Waals surface area (Å²) in [6, 6.07) is 10.3. The van der Waals surface area contributed by atoms with Gasteiger partial charge in [0.25, 0.3) is 0 Å². The molecule has 27 heavy (non-hydrogen) atoms. The Bertz CT molecular complexity index is 769. The minimum Gasteiger partial charge on any atom is -0.491 e. The molecule has 0 aliphatic rings. The van der Waals surface area contributed by atoms with Crippen LogP contribution in [0.4, 0.5) is 23.7 Å². The summed E-state index contributed by atoms with van der Waals surface area (Å²) in [5, 5.41) is 13.1. The number of nitrogens with zero attached hydrogens (tertiary/aromatic N) is 1. The summed E-state index contributed by atoms with van der Waals surface area (Å²) in [5.41, 5.74) is -0.275. The van der Waals surface area contributed by atoms with Crippen molar-refractivity contribution in [2.75, 3.05) is 25.5 Å². The van der Waals surface area contributed by atoms with Gasteiger partial charge >= 0.3 is 12.2 Å². The van der Waals surface area contributed by atoms with Crippen molar-refractivity contribution in [1.82, 2.24) is 4.90 Å². The van der Waals surface area contributed by atoms with Crippen molar-refractivity contribution < 1.29 is 27.8 Å². The number of hydrogen-bond donors (Lipinski definition) is 2. The Morgan fingerprint density at radius 1 is 1.26 bits per heavy atom. The summed E-state index contributed by atoms with van der Waals surface area (Å²) >= 11 is 5.84. The van der Waals surface area contributed by atoms with Crippen LogP contribution in [0.5, 0.6) is 5.75 Å². The van der Waals surface area contributed by atoms with Crippen LogP contribution in [0.3, 0.4) is 0 Å². The molecule has 0 spiro atoms. The van der Waals surface area contributed by atoms with Gasteiger partial charge in [0.1, 0.15) is 18.5 Å². The van der Waals surface area contributed by atoms with Gasteiger partial charge in [0.2, 0.25) is 0 Å². The van der Waals surface area contributed by atoms with Crippen molar-refractivity contribution in [3.63, 3.8) is 0 Å². The smallest absolute Gasteiger partial charge is 0.416 e. The van der Waals surface area contributed by atoms with Crippen LogP contribution in [-0.4, -0.2) is 42.3 Å². The monoisotopic (exact) mass is 402 g/mol. The second-order valence-electron chi connectivity index (χ2n) is 5.81. The molecule has 2 rings (SSSR count). The Kier molecular flexibility index (Phi) is 6.92. The number of aliphatic hydroxyl groups excluding tert-OH is 1. The fraction of sp³-hybridized carbons (Fsp3) is 0.278. The first-order valence-electron chi connectivity index (χ1n) is 7.91. The maximum absolute atomic E-state index is 12.5. The summed E-state index contributed by atoms with van der Waals surface area (Å²) in [7, 11) is 1.49. The quantitative estimate of drug-likeness (QED) is 0.758. The number of urea groups is 1. The third kappa shape index (κ3) is 6.65. The number of likely N-dealkylation sites (N-methyl/N-ethyl adjacent to an activating group) is 1. The van der Waals surface area contributed by atoms with E-state index in [1.165, 1.54) is 24.1 Å². The van der Waals surface area contributed by atoms with Gasteiger partial charge in [-0.15, -0.1) is 0 Å². The number of alkyl halides is 3. The van der Waals surface area contributed by atoms with Crippen molar-refractivity contribution in [1.29, 1.82) is 0 Å². The van der Waals surface area contributed by atoms with E-state index in [0.717, 1.165) is 12.1 Å². The molecule has 1 atom stereocenters. The molecule has 2 amide bonds. The molecule has 146 valence electrons. The molecule has 0 aliphatic carbocycles. The largest absolute Gasteiger partial charge is 0.491 e.